The fourth-order valence-corrected chi connectivity index (χ4v) is 2.92. The fraction of sp³-hybridized carbons (Fsp3) is 0.929. The fourth-order valence-electron chi connectivity index (χ4n) is 2.92. The van der Waals surface area contributed by atoms with E-state index in [4.69, 9.17) is 5.26 Å². The zero-order valence-corrected chi connectivity index (χ0v) is 11.9. The van der Waals surface area contributed by atoms with E-state index in [1.165, 1.54) is 12.8 Å². The molecule has 1 aliphatic heterocycles. The number of unbranched alkanes of at least 4 members (excludes halogenated alkanes) is 1. The Morgan fingerprint density at radius 3 is 2.65 bits per heavy atom. The molecule has 0 N–H and O–H groups in total. The van der Waals surface area contributed by atoms with Crippen molar-refractivity contribution in [3.63, 3.8) is 0 Å². The molecule has 1 saturated heterocycles. The lowest BCUT2D eigenvalue weighted by Gasteiger charge is -2.32. The summed E-state index contributed by atoms with van der Waals surface area (Å²) in [5.41, 5.74) is 0.326. The van der Waals surface area contributed by atoms with Crippen molar-refractivity contribution in [1.29, 1.82) is 5.26 Å². The van der Waals surface area contributed by atoms with Gasteiger partial charge in [-0.1, -0.05) is 27.2 Å². The van der Waals surface area contributed by atoms with Gasteiger partial charge in [-0.15, -0.1) is 0 Å². The first-order chi connectivity index (χ1) is 7.98. The second kappa shape index (κ2) is 6.37. The highest BCUT2D eigenvalue weighted by Crippen LogP contribution is 2.25. The second-order valence-corrected chi connectivity index (χ2v) is 6.20. The summed E-state index contributed by atoms with van der Waals surface area (Å²) >= 11 is 0. The molecule has 1 unspecified atom stereocenters. The zero-order valence-electron chi connectivity index (χ0n) is 11.9. The molecule has 1 fully saturated rings. The Bertz CT molecular complexity index is 267. The summed E-state index contributed by atoms with van der Waals surface area (Å²) in [7, 11) is 2.18. The molecular formula is C14H27N3. The number of hydrogen-bond donors (Lipinski definition) is 0. The number of likely N-dealkylation sites (N-methyl/N-ethyl adjacent to an activating group) is 1. The predicted octanol–water partition coefficient (Wildman–Crippen LogP) is 2.34. The normalized spacial score (nSPS) is 26.4. The summed E-state index contributed by atoms with van der Waals surface area (Å²) < 4.78 is 0. The van der Waals surface area contributed by atoms with Crippen molar-refractivity contribution >= 4 is 0 Å². The lowest BCUT2D eigenvalue weighted by Crippen LogP contribution is -2.42. The van der Waals surface area contributed by atoms with Crippen LogP contribution in [-0.2, 0) is 0 Å². The third-order valence-corrected chi connectivity index (χ3v) is 3.49. The van der Waals surface area contributed by atoms with Gasteiger partial charge < -0.3 is 4.90 Å². The first kappa shape index (κ1) is 14.5. The van der Waals surface area contributed by atoms with Gasteiger partial charge in [0.05, 0.1) is 12.5 Å². The summed E-state index contributed by atoms with van der Waals surface area (Å²) in [6, 6.07) is 2.77. The van der Waals surface area contributed by atoms with E-state index in [1.54, 1.807) is 0 Å². The Morgan fingerprint density at radius 1 is 1.35 bits per heavy atom. The van der Waals surface area contributed by atoms with Gasteiger partial charge in [0.15, 0.2) is 0 Å². The molecular weight excluding hydrogens is 210 g/mol. The first-order valence-corrected chi connectivity index (χ1v) is 6.78. The largest absolute Gasteiger partial charge is 0.304 e. The summed E-state index contributed by atoms with van der Waals surface area (Å²) in [5, 5.41) is 8.97. The van der Waals surface area contributed by atoms with Crippen LogP contribution in [0.5, 0.6) is 0 Å². The van der Waals surface area contributed by atoms with Crippen LogP contribution in [0.4, 0.5) is 0 Å². The minimum Gasteiger partial charge on any atom is -0.304 e. The van der Waals surface area contributed by atoms with Crippen molar-refractivity contribution in [3.05, 3.63) is 0 Å². The number of hydrogen-bond acceptors (Lipinski definition) is 3. The van der Waals surface area contributed by atoms with Crippen LogP contribution in [0, 0.1) is 16.7 Å². The summed E-state index contributed by atoms with van der Waals surface area (Å²) in [5.74, 6) is 0. The molecule has 1 rings (SSSR count). The zero-order chi connectivity index (χ0) is 12.9. The van der Waals surface area contributed by atoms with Crippen molar-refractivity contribution < 1.29 is 0 Å². The van der Waals surface area contributed by atoms with Crippen LogP contribution in [0.2, 0.25) is 0 Å². The lowest BCUT2D eigenvalue weighted by atomic mass is 9.92. The average Bonchev–Trinajstić information content (AvgIpc) is 2.32. The maximum atomic E-state index is 8.97. The van der Waals surface area contributed by atoms with E-state index < -0.39 is 0 Å². The first-order valence-electron chi connectivity index (χ1n) is 6.78. The van der Waals surface area contributed by atoms with Gasteiger partial charge in [0.1, 0.15) is 0 Å². The molecule has 0 aliphatic carbocycles. The molecule has 1 aliphatic rings. The van der Waals surface area contributed by atoms with Crippen LogP contribution in [0.3, 0.4) is 0 Å². The van der Waals surface area contributed by atoms with Crippen molar-refractivity contribution in [1.82, 2.24) is 9.80 Å². The molecule has 0 aromatic rings. The molecule has 0 aromatic heterocycles. The van der Waals surface area contributed by atoms with Crippen LogP contribution in [-0.4, -0.2) is 49.1 Å². The third kappa shape index (κ3) is 4.65. The van der Waals surface area contributed by atoms with E-state index >= 15 is 0 Å². The SMILES string of the molecule is CCCCN1CC(C)(C)CN(C)CC1CC#N. The van der Waals surface area contributed by atoms with Gasteiger partial charge in [0, 0.05) is 25.7 Å². The minimum absolute atomic E-state index is 0.326. The number of rotatable bonds is 4. The van der Waals surface area contributed by atoms with Gasteiger partial charge in [-0.2, -0.15) is 5.26 Å². The Kier molecular flexibility index (Phi) is 5.42. The highest BCUT2D eigenvalue weighted by molar-refractivity contribution is 4.91. The maximum absolute atomic E-state index is 8.97. The Morgan fingerprint density at radius 2 is 2.06 bits per heavy atom. The van der Waals surface area contributed by atoms with Gasteiger partial charge in [-0.05, 0) is 25.4 Å². The van der Waals surface area contributed by atoms with E-state index in [2.05, 4.69) is 43.7 Å². The summed E-state index contributed by atoms with van der Waals surface area (Å²) in [6.45, 7) is 11.3. The van der Waals surface area contributed by atoms with Gasteiger partial charge in [0.25, 0.3) is 0 Å². The van der Waals surface area contributed by atoms with Crippen LogP contribution >= 0.6 is 0 Å². The summed E-state index contributed by atoms with van der Waals surface area (Å²) in [4.78, 5) is 4.92. The van der Waals surface area contributed by atoms with Crippen molar-refractivity contribution in [2.75, 3.05) is 33.2 Å². The van der Waals surface area contributed by atoms with E-state index in [0.717, 1.165) is 26.2 Å². The monoisotopic (exact) mass is 237 g/mol. The van der Waals surface area contributed by atoms with Gasteiger partial charge >= 0.3 is 0 Å². The van der Waals surface area contributed by atoms with Crippen LogP contribution < -0.4 is 0 Å². The van der Waals surface area contributed by atoms with Gasteiger partial charge in [-0.25, -0.2) is 0 Å². The number of nitriles is 1. The quantitative estimate of drug-likeness (QED) is 0.752. The molecule has 3 nitrogen and oxygen atoms in total. The molecule has 1 heterocycles. The molecule has 0 saturated carbocycles. The van der Waals surface area contributed by atoms with Crippen LogP contribution in [0.25, 0.3) is 0 Å². The highest BCUT2D eigenvalue weighted by atomic mass is 15.2. The Labute approximate surface area is 106 Å². The van der Waals surface area contributed by atoms with Crippen LogP contribution in [0.15, 0.2) is 0 Å². The van der Waals surface area contributed by atoms with Crippen molar-refractivity contribution in [3.8, 4) is 6.07 Å². The van der Waals surface area contributed by atoms with Crippen LogP contribution in [0.1, 0.15) is 40.0 Å². The molecule has 98 valence electrons. The van der Waals surface area contributed by atoms with Gasteiger partial charge in [0.2, 0.25) is 0 Å². The van der Waals surface area contributed by atoms with Crippen molar-refractivity contribution in [2.24, 2.45) is 5.41 Å². The molecule has 0 amide bonds. The molecule has 17 heavy (non-hydrogen) atoms. The van der Waals surface area contributed by atoms with Crippen molar-refractivity contribution in [2.45, 2.75) is 46.1 Å². The Balaban J connectivity index is 2.73. The Hall–Kier alpha value is -0.590. The number of nitrogens with zero attached hydrogens (tertiary/aromatic N) is 3. The topological polar surface area (TPSA) is 30.3 Å². The van der Waals surface area contributed by atoms with Gasteiger partial charge in [-0.3, -0.25) is 4.90 Å². The standard InChI is InChI=1S/C14H27N3/c1-5-6-9-17-12-14(2,3)11-16(4)10-13(17)7-8-15/h13H,5-7,9-12H2,1-4H3. The summed E-state index contributed by atoms with van der Waals surface area (Å²) in [6.07, 6.45) is 3.12. The molecule has 1 atom stereocenters. The average molecular weight is 237 g/mol. The van der Waals surface area contributed by atoms with E-state index in [9.17, 15) is 0 Å². The highest BCUT2D eigenvalue weighted by Gasteiger charge is 2.32. The second-order valence-electron chi connectivity index (χ2n) is 6.20. The molecule has 0 bridgehead atoms. The predicted molar refractivity (Wildman–Crippen MR) is 71.8 cm³/mol. The minimum atomic E-state index is 0.326. The third-order valence-electron chi connectivity index (χ3n) is 3.49. The molecule has 0 aromatic carbocycles. The lowest BCUT2D eigenvalue weighted by molar-refractivity contribution is 0.156. The molecule has 0 spiro atoms. The maximum Gasteiger partial charge on any atom is 0.0638 e. The molecule has 0 radical (unpaired) electrons. The van der Waals surface area contributed by atoms with E-state index in [0.29, 0.717) is 17.9 Å². The molecule has 3 heteroatoms. The smallest absolute Gasteiger partial charge is 0.0638 e. The van der Waals surface area contributed by atoms with E-state index in [-0.39, 0.29) is 0 Å². The van der Waals surface area contributed by atoms with E-state index in [1.807, 2.05) is 0 Å².